The van der Waals surface area contributed by atoms with E-state index in [0.717, 1.165) is 24.8 Å². The molecule has 1 aliphatic rings. The van der Waals surface area contributed by atoms with Crippen LogP contribution < -0.4 is 0 Å². The maximum atomic E-state index is 10.4. The Morgan fingerprint density at radius 2 is 2.06 bits per heavy atom. The maximum absolute atomic E-state index is 10.4. The standard InChI is InChI=1S/C14H17NO2/c1-11(17-2)9-12-3-5-13(6-4-12)14(7-8-14)15-10-16/h3-6,11H,7-9H2,1-2H3. The van der Waals surface area contributed by atoms with Crippen molar-refractivity contribution < 1.29 is 9.53 Å². The van der Waals surface area contributed by atoms with Crippen molar-refractivity contribution in [2.75, 3.05) is 7.11 Å². The van der Waals surface area contributed by atoms with E-state index in [1.807, 2.05) is 6.92 Å². The van der Waals surface area contributed by atoms with Crippen molar-refractivity contribution in [2.24, 2.45) is 4.99 Å². The number of hydrogen-bond acceptors (Lipinski definition) is 3. The average Bonchev–Trinajstić information content (AvgIpc) is 3.11. The number of rotatable bonds is 5. The first kappa shape index (κ1) is 12.0. The van der Waals surface area contributed by atoms with Crippen LogP contribution in [0.1, 0.15) is 30.9 Å². The zero-order valence-electron chi connectivity index (χ0n) is 10.3. The molecule has 0 heterocycles. The van der Waals surface area contributed by atoms with Gasteiger partial charge < -0.3 is 4.74 Å². The van der Waals surface area contributed by atoms with Gasteiger partial charge in [0.2, 0.25) is 6.08 Å². The zero-order valence-corrected chi connectivity index (χ0v) is 10.3. The Balaban J connectivity index is 2.11. The van der Waals surface area contributed by atoms with E-state index >= 15 is 0 Å². The summed E-state index contributed by atoms with van der Waals surface area (Å²) in [4.78, 5) is 14.3. The third kappa shape index (κ3) is 2.63. The Morgan fingerprint density at radius 3 is 2.53 bits per heavy atom. The van der Waals surface area contributed by atoms with E-state index in [2.05, 4.69) is 29.3 Å². The SMILES string of the molecule is COC(C)Cc1ccc(C2(N=C=O)CC2)cc1. The second-order valence-electron chi connectivity index (χ2n) is 4.68. The molecule has 17 heavy (non-hydrogen) atoms. The van der Waals surface area contributed by atoms with Crippen LogP contribution in [0.5, 0.6) is 0 Å². The van der Waals surface area contributed by atoms with Crippen LogP contribution in [0, 0.1) is 0 Å². The molecule has 3 nitrogen and oxygen atoms in total. The highest BCUT2D eigenvalue weighted by atomic mass is 16.5. The summed E-state index contributed by atoms with van der Waals surface area (Å²) in [6.45, 7) is 2.05. The van der Waals surface area contributed by atoms with Gasteiger partial charge in [0.15, 0.2) is 0 Å². The molecule has 1 aromatic rings. The van der Waals surface area contributed by atoms with Crippen molar-refractivity contribution in [1.82, 2.24) is 0 Å². The molecule has 1 aliphatic carbocycles. The van der Waals surface area contributed by atoms with Crippen LogP contribution in [0.2, 0.25) is 0 Å². The van der Waals surface area contributed by atoms with Crippen LogP contribution in [-0.2, 0) is 21.5 Å². The number of benzene rings is 1. The van der Waals surface area contributed by atoms with Crippen molar-refractivity contribution in [3.05, 3.63) is 35.4 Å². The van der Waals surface area contributed by atoms with Gasteiger partial charge in [0.25, 0.3) is 0 Å². The lowest BCUT2D eigenvalue weighted by atomic mass is 10.0. The summed E-state index contributed by atoms with van der Waals surface area (Å²) in [5, 5.41) is 0. The van der Waals surface area contributed by atoms with Crippen LogP contribution in [0.4, 0.5) is 0 Å². The quantitative estimate of drug-likeness (QED) is 0.577. The molecule has 90 valence electrons. The van der Waals surface area contributed by atoms with Crippen molar-refractivity contribution in [1.29, 1.82) is 0 Å². The molecule has 0 N–H and O–H groups in total. The van der Waals surface area contributed by atoms with E-state index in [1.165, 1.54) is 5.56 Å². The first-order chi connectivity index (χ1) is 8.20. The van der Waals surface area contributed by atoms with Crippen LogP contribution in [0.25, 0.3) is 0 Å². The fourth-order valence-electron chi connectivity index (χ4n) is 2.04. The highest BCUT2D eigenvalue weighted by Gasteiger charge is 2.44. The third-order valence-electron chi connectivity index (χ3n) is 3.40. The second kappa shape index (κ2) is 4.82. The van der Waals surface area contributed by atoms with Gasteiger partial charge in [0.1, 0.15) is 0 Å². The normalized spacial score (nSPS) is 18.2. The topological polar surface area (TPSA) is 38.7 Å². The summed E-state index contributed by atoms with van der Waals surface area (Å²) in [6, 6.07) is 8.30. The third-order valence-corrected chi connectivity index (χ3v) is 3.40. The lowest BCUT2D eigenvalue weighted by Gasteiger charge is -2.11. The highest BCUT2D eigenvalue weighted by Crippen LogP contribution is 2.49. The summed E-state index contributed by atoms with van der Waals surface area (Å²) in [7, 11) is 1.72. The molecule has 0 amide bonds. The number of aliphatic imine (C=N–C) groups is 1. The molecule has 2 rings (SSSR count). The van der Waals surface area contributed by atoms with E-state index in [9.17, 15) is 4.79 Å². The smallest absolute Gasteiger partial charge is 0.235 e. The van der Waals surface area contributed by atoms with Gasteiger partial charge in [-0.25, -0.2) is 4.79 Å². The molecule has 0 aromatic heterocycles. The van der Waals surface area contributed by atoms with Gasteiger partial charge in [-0.2, -0.15) is 4.99 Å². The van der Waals surface area contributed by atoms with Gasteiger partial charge in [-0.3, -0.25) is 0 Å². The molecule has 1 atom stereocenters. The van der Waals surface area contributed by atoms with Crippen LogP contribution in [0.3, 0.4) is 0 Å². The van der Waals surface area contributed by atoms with E-state index in [1.54, 1.807) is 13.2 Å². The molecule has 1 aromatic carbocycles. The van der Waals surface area contributed by atoms with Crippen molar-refractivity contribution in [3.8, 4) is 0 Å². The average molecular weight is 231 g/mol. The monoisotopic (exact) mass is 231 g/mol. The number of hydrogen-bond donors (Lipinski definition) is 0. The number of ether oxygens (including phenoxy) is 1. The van der Waals surface area contributed by atoms with Gasteiger partial charge in [-0.05, 0) is 37.3 Å². The van der Waals surface area contributed by atoms with Crippen LogP contribution in [-0.4, -0.2) is 19.3 Å². The van der Waals surface area contributed by atoms with Gasteiger partial charge in [-0.1, -0.05) is 24.3 Å². The fraction of sp³-hybridized carbons (Fsp3) is 0.500. The van der Waals surface area contributed by atoms with Gasteiger partial charge in [0.05, 0.1) is 11.6 Å². The number of carbonyl (C=O) groups excluding carboxylic acids is 1. The minimum absolute atomic E-state index is 0.226. The Morgan fingerprint density at radius 1 is 1.41 bits per heavy atom. The predicted molar refractivity (Wildman–Crippen MR) is 65.7 cm³/mol. The lowest BCUT2D eigenvalue weighted by molar-refractivity contribution is 0.119. The van der Waals surface area contributed by atoms with Crippen molar-refractivity contribution >= 4 is 6.08 Å². The Labute approximate surface area is 102 Å². The number of isocyanates is 1. The molecule has 1 unspecified atom stereocenters. The minimum Gasteiger partial charge on any atom is -0.381 e. The van der Waals surface area contributed by atoms with Gasteiger partial charge in [0, 0.05) is 7.11 Å². The van der Waals surface area contributed by atoms with Gasteiger partial charge in [-0.15, -0.1) is 0 Å². The van der Waals surface area contributed by atoms with E-state index in [-0.39, 0.29) is 11.6 Å². The summed E-state index contributed by atoms with van der Waals surface area (Å²) < 4.78 is 5.23. The van der Waals surface area contributed by atoms with E-state index < -0.39 is 0 Å². The molecule has 0 saturated heterocycles. The lowest BCUT2D eigenvalue weighted by Crippen LogP contribution is -2.09. The molecule has 0 radical (unpaired) electrons. The molecule has 3 heteroatoms. The highest BCUT2D eigenvalue weighted by molar-refractivity contribution is 5.41. The van der Waals surface area contributed by atoms with Crippen molar-refractivity contribution in [2.45, 2.75) is 37.8 Å². The Bertz CT molecular complexity index is 428. The number of nitrogens with zero attached hydrogens (tertiary/aromatic N) is 1. The summed E-state index contributed by atoms with van der Waals surface area (Å²) >= 11 is 0. The Kier molecular flexibility index (Phi) is 3.41. The first-order valence-electron chi connectivity index (χ1n) is 5.91. The Hall–Kier alpha value is -1.44. The van der Waals surface area contributed by atoms with E-state index in [4.69, 9.17) is 4.74 Å². The first-order valence-corrected chi connectivity index (χ1v) is 5.91. The summed E-state index contributed by atoms with van der Waals surface area (Å²) in [5.41, 5.74) is 2.11. The predicted octanol–water partition coefficient (Wildman–Crippen LogP) is 2.59. The zero-order chi connectivity index (χ0) is 12.3. The molecule has 1 saturated carbocycles. The molecule has 0 bridgehead atoms. The molecular weight excluding hydrogens is 214 g/mol. The second-order valence-corrected chi connectivity index (χ2v) is 4.68. The van der Waals surface area contributed by atoms with Gasteiger partial charge >= 0.3 is 0 Å². The minimum atomic E-state index is -0.257. The largest absolute Gasteiger partial charge is 0.381 e. The summed E-state index contributed by atoms with van der Waals surface area (Å²) in [6.07, 6.45) is 4.72. The molecule has 0 aliphatic heterocycles. The van der Waals surface area contributed by atoms with Crippen LogP contribution >= 0.6 is 0 Å². The van der Waals surface area contributed by atoms with Crippen molar-refractivity contribution in [3.63, 3.8) is 0 Å². The molecule has 1 fully saturated rings. The van der Waals surface area contributed by atoms with E-state index in [0.29, 0.717) is 0 Å². The van der Waals surface area contributed by atoms with Crippen LogP contribution in [0.15, 0.2) is 29.3 Å². The summed E-state index contributed by atoms with van der Waals surface area (Å²) in [5.74, 6) is 0. The fourth-order valence-corrected chi connectivity index (χ4v) is 2.04. The molecule has 0 spiro atoms. The maximum Gasteiger partial charge on any atom is 0.235 e. The molecular formula is C14H17NO2. The number of methoxy groups -OCH3 is 1.